The second-order valence-electron chi connectivity index (χ2n) is 4.40. The van der Waals surface area contributed by atoms with Gasteiger partial charge in [0, 0.05) is 11.8 Å². The summed E-state index contributed by atoms with van der Waals surface area (Å²) < 4.78 is 5.45. The first-order valence-corrected chi connectivity index (χ1v) is 5.97. The van der Waals surface area contributed by atoms with Crippen molar-refractivity contribution in [3.63, 3.8) is 0 Å². The summed E-state index contributed by atoms with van der Waals surface area (Å²) in [5.74, 6) is 0.110. The molecule has 0 aliphatic heterocycles. The second kappa shape index (κ2) is 5.07. The van der Waals surface area contributed by atoms with Crippen LogP contribution in [-0.2, 0) is 0 Å². The molecule has 0 saturated carbocycles. The summed E-state index contributed by atoms with van der Waals surface area (Å²) in [5.41, 5.74) is 1.75. The number of pyridine rings is 1. The number of hydrogen-bond donors (Lipinski definition) is 0. The fourth-order valence-electron chi connectivity index (χ4n) is 2.11. The molecule has 1 atom stereocenters. The highest BCUT2D eigenvalue weighted by Crippen LogP contribution is 2.26. The molecule has 96 valence electrons. The van der Waals surface area contributed by atoms with Crippen LogP contribution in [0, 0.1) is 32.1 Å². The molecule has 0 aromatic carbocycles. The van der Waals surface area contributed by atoms with Crippen LogP contribution in [0.4, 0.5) is 0 Å². The van der Waals surface area contributed by atoms with Crippen molar-refractivity contribution < 1.29 is 9.21 Å². The molecule has 4 nitrogen and oxygen atoms in total. The number of ketones is 1. The van der Waals surface area contributed by atoms with Gasteiger partial charge in [-0.25, -0.2) is 0 Å². The molecule has 4 heteroatoms. The van der Waals surface area contributed by atoms with Crippen molar-refractivity contribution in [2.75, 3.05) is 0 Å². The normalized spacial score (nSPS) is 11.9. The Kier molecular flexibility index (Phi) is 3.48. The predicted octanol–water partition coefficient (Wildman–Crippen LogP) is 3.09. The largest absolute Gasteiger partial charge is 0.466 e. The highest BCUT2D eigenvalue weighted by Gasteiger charge is 2.28. The van der Waals surface area contributed by atoms with Gasteiger partial charge in [0.2, 0.25) is 0 Å². The van der Waals surface area contributed by atoms with Gasteiger partial charge in [-0.2, -0.15) is 5.26 Å². The van der Waals surface area contributed by atoms with Crippen LogP contribution >= 0.6 is 0 Å². The zero-order chi connectivity index (χ0) is 14.0. The minimum absolute atomic E-state index is 0.256. The maximum absolute atomic E-state index is 12.5. The van der Waals surface area contributed by atoms with Gasteiger partial charge in [-0.15, -0.1) is 0 Å². The van der Waals surface area contributed by atoms with E-state index >= 15 is 0 Å². The maximum atomic E-state index is 12.5. The van der Waals surface area contributed by atoms with Gasteiger partial charge in [-0.05, 0) is 32.9 Å². The molecule has 0 saturated heterocycles. The van der Waals surface area contributed by atoms with Gasteiger partial charge < -0.3 is 4.42 Å². The summed E-state index contributed by atoms with van der Waals surface area (Å²) in [6.45, 7) is 5.37. The number of hydrogen-bond acceptors (Lipinski definition) is 4. The molecule has 2 heterocycles. The van der Waals surface area contributed by atoms with E-state index in [4.69, 9.17) is 4.42 Å². The number of carbonyl (C=O) groups excluding carboxylic acids is 1. The molecule has 0 aliphatic carbocycles. The number of Topliss-reactive ketones (excluding diaryl/α,β-unsaturated/α-hetero) is 1. The van der Waals surface area contributed by atoms with Gasteiger partial charge in [-0.1, -0.05) is 6.07 Å². The number of aryl methyl sites for hydroxylation is 2. The van der Waals surface area contributed by atoms with Crippen LogP contribution in [-0.4, -0.2) is 10.8 Å². The van der Waals surface area contributed by atoms with Gasteiger partial charge in [0.15, 0.2) is 11.7 Å². The Hall–Kier alpha value is -2.41. The quantitative estimate of drug-likeness (QED) is 0.789. The van der Waals surface area contributed by atoms with E-state index in [-0.39, 0.29) is 5.78 Å². The minimum Gasteiger partial charge on any atom is -0.466 e. The average Bonchev–Trinajstić information content (AvgIpc) is 2.65. The standard InChI is InChI=1S/C15H14N2O2/c1-9-10(2)19-11(3)14(9)15(18)12(8-16)13-6-4-5-7-17-13/h4-7,12H,1-3H3/t12-/m0/s1. The molecule has 0 aliphatic rings. The summed E-state index contributed by atoms with van der Waals surface area (Å²) in [5, 5.41) is 9.26. The predicted molar refractivity (Wildman–Crippen MR) is 69.8 cm³/mol. The number of nitriles is 1. The van der Waals surface area contributed by atoms with E-state index in [1.54, 1.807) is 38.2 Å². The summed E-state index contributed by atoms with van der Waals surface area (Å²) in [6.07, 6.45) is 1.58. The molecule has 0 bridgehead atoms. The van der Waals surface area contributed by atoms with Gasteiger partial charge in [0.05, 0.1) is 17.3 Å². The topological polar surface area (TPSA) is 66.9 Å². The van der Waals surface area contributed by atoms with Crippen molar-refractivity contribution in [2.45, 2.75) is 26.7 Å². The van der Waals surface area contributed by atoms with E-state index in [0.29, 0.717) is 22.8 Å². The van der Waals surface area contributed by atoms with Crippen LogP contribution in [0.5, 0.6) is 0 Å². The Morgan fingerprint density at radius 2 is 2.05 bits per heavy atom. The molecule has 2 aromatic rings. The first-order chi connectivity index (χ1) is 9.06. The first kappa shape index (κ1) is 13.0. The van der Waals surface area contributed by atoms with E-state index in [0.717, 1.165) is 5.56 Å². The molecule has 0 amide bonds. The molecule has 0 fully saturated rings. The van der Waals surface area contributed by atoms with Crippen LogP contribution in [0.3, 0.4) is 0 Å². The molecule has 19 heavy (non-hydrogen) atoms. The highest BCUT2D eigenvalue weighted by atomic mass is 16.3. The number of rotatable bonds is 3. The minimum atomic E-state index is -0.893. The Balaban J connectivity index is 2.46. The number of furan rings is 1. The molecular formula is C15H14N2O2. The fourth-order valence-corrected chi connectivity index (χ4v) is 2.11. The number of aromatic nitrogens is 1. The summed E-state index contributed by atoms with van der Waals surface area (Å²) in [7, 11) is 0. The van der Waals surface area contributed by atoms with Crippen LogP contribution in [0.25, 0.3) is 0 Å². The van der Waals surface area contributed by atoms with Crippen molar-refractivity contribution in [1.29, 1.82) is 5.26 Å². The van der Waals surface area contributed by atoms with E-state index in [1.165, 1.54) is 0 Å². The van der Waals surface area contributed by atoms with Crippen LogP contribution in [0.1, 0.15) is 39.1 Å². The highest BCUT2D eigenvalue weighted by molar-refractivity contribution is 6.04. The molecule has 2 rings (SSSR count). The Bertz CT molecular complexity index is 651. The first-order valence-electron chi connectivity index (χ1n) is 5.97. The fraction of sp³-hybridized carbons (Fsp3) is 0.267. The lowest BCUT2D eigenvalue weighted by atomic mass is 9.93. The zero-order valence-electron chi connectivity index (χ0n) is 11.1. The smallest absolute Gasteiger partial charge is 0.189 e. The molecule has 0 radical (unpaired) electrons. The van der Waals surface area contributed by atoms with Crippen molar-refractivity contribution in [1.82, 2.24) is 4.98 Å². The lowest BCUT2D eigenvalue weighted by Crippen LogP contribution is -2.14. The third-order valence-corrected chi connectivity index (χ3v) is 3.18. The van der Waals surface area contributed by atoms with Gasteiger partial charge in [-0.3, -0.25) is 9.78 Å². The van der Waals surface area contributed by atoms with E-state index in [1.807, 2.05) is 13.0 Å². The van der Waals surface area contributed by atoms with Crippen LogP contribution < -0.4 is 0 Å². The lowest BCUT2D eigenvalue weighted by molar-refractivity contribution is 0.0975. The van der Waals surface area contributed by atoms with E-state index in [2.05, 4.69) is 4.98 Å². The molecule has 0 spiro atoms. The Morgan fingerprint density at radius 3 is 2.53 bits per heavy atom. The molecule has 0 unspecified atom stereocenters. The molecular weight excluding hydrogens is 240 g/mol. The average molecular weight is 254 g/mol. The third-order valence-electron chi connectivity index (χ3n) is 3.18. The van der Waals surface area contributed by atoms with Crippen molar-refractivity contribution in [2.24, 2.45) is 0 Å². The number of nitrogens with zero attached hydrogens (tertiary/aromatic N) is 2. The van der Waals surface area contributed by atoms with Crippen molar-refractivity contribution in [3.8, 4) is 6.07 Å². The third kappa shape index (κ3) is 2.27. The Morgan fingerprint density at radius 1 is 1.32 bits per heavy atom. The SMILES string of the molecule is Cc1oc(C)c(C(=O)[C@@H](C#N)c2ccccn2)c1C. The molecule has 2 aromatic heterocycles. The van der Waals surface area contributed by atoms with Crippen molar-refractivity contribution in [3.05, 3.63) is 52.7 Å². The van der Waals surface area contributed by atoms with Gasteiger partial charge >= 0.3 is 0 Å². The lowest BCUT2D eigenvalue weighted by Gasteiger charge is -2.07. The van der Waals surface area contributed by atoms with Gasteiger partial charge in [0.1, 0.15) is 11.5 Å². The summed E-state index contributed by atoms with van der Waals surface area (Å²) in [6, 6.07) is 7.23. The number of carbonyl (C=O) groups is 1. The summed E-state index contributed by atoms with van der Waals surface area (Å²) in [4.78, 5) is 16.6. The van der Waals surface area contributed by atoms with Crippen LogP contribution in [0.2, 0.25) is 0 Å². The maximum Gasteiger partial charge on any atom is 0.189 e. The Labute approximate surface area is 111 Å². The van der Waals surface area contributed by atoms with E-state index in [9.17, 15) is 10.1 Å². The van der Waals surface area contributed by atoms with Crippen molar-refractivity contribution >= 4 is 5.78 Å². The van der Waals surface area contributed by atoms with E-state index < -0.39 is 5.92 Å². The zero-order valence-corrected chi connectivity index (χ0v) is 11.1. The van der Waals surface area contributed by atoms with Crippen LogP contribution in [0.15, 0.2) is 28.8 Å². The second-order valence-corrected chi connectivity index (χ2v) is 4.40. The molecule has 0 N–H and O–H groups in total. The summed E-state index contributed by atoms with van der Waals surface area (Å²) >= 11 is 0. The van der Waals surface area contributed by atoms with Gasteiger partial charge in [0.25, 0.3) is 0 Å². The monoisotopic (exact) mass is 254 g/mol.